The summed E-state index contributed by atoms with van der Waals surface area (Å²) in [5, 5.41) is 12.1. The van der Waals surface area contributed by atoms with E-state index in [2.05, 4.69) is 10.3 Å². The van der Waals surface area contributed by atoms with Gasteiger partial charge in [-0.3, -0.25) is 9.78 Å². The van der Waals surface area contributed by atoms with Crippen LogP contribution in [0.2, 0.25) is 0 Å². The zero-order valence-corrected chi connectivity index (χ0v) is 9.34. The monoisotopic (exact) mass is 228 g/mol. The molecule has 1 aromatic carbocycles. The number of benzene rings is 1. The smallest absolute Gasteiger partial charge is 0.255 e. The lowest BCUT2D eigenvalue weighted by molar-refractivity contribution is 0.102. The predicted molar refractivity (Wildman–Crippen MR) is 65.0 cm³/mol. The molecule has 2 aromatic rings. The maximum Gasteiger partial charge on any atom is 0.255 e. The number of nitrogens with zero attached hydrogens (tertiary/aromatic N) is 1. The number of anilines is 1. The van der Waals surface area contributed by atoms with Crippen LogP contribution in [-0.2, 0) is 0 Å². The molecule has 17 heavy (non-hydrogen) atoms. The van der Waals surface area contributed by atoms with Crippen molar-refractivity contribution >= 4 is 11.6 Å². The summed E-state index contributed by atoms with van der Waals surface area (Å²) < 4.78 is 0. The SMILES string of the molecule is Cc1cc(NC(=O)c2ccncc2)ccc1O. The topological polar surface area (TPSA) is 62.2 Å². The van der Waals surface area contributed by atoms with Gasteiger partial charge in [0.1, 0.15) is 5.75 Å². The van der Waals surface area contributed by atoms with E-state index in [1.54, 1.807) is 49.6 Å². The molecule has 1 aromatic heterocycles. The first-order chi connectivity index (χ1) is 8.16. The Bertz CT molecular complexity index is 538. The van der Waals surface area contributed by atoms with Crippen LogP contribution in [-0.4, -0.2) is 16.0 Å². The molecule has 4 heteroatoms. The Hall–Kier alpha value is -2.36. The van der Waals surface area contributed by atoms with E-state index in [1.807, 2.05) is 0 Å². The maximum atomic E-state index is 11.8. The fraction of sp³-hybridized carbons (Fsp3) is 0.0769. The summed E-state index contributed by atoms with van der Waals surface area (Å²) in [6.07, 6.45) is 3.13. The predicted octanol–water partition coefficient (Wildman–Crippen LogP) is 2.35. The number of phenolic OH excluding ortho intramolecular Hbond substituents is 1. The van der Waals surface area contributed by atoms with Crippen LogP contribution in [0.25, 0.3) is 0 Å². The minimum absolute atomic E-state index is 0.197. The van der Waals surface area contributed by atoms with Gasteiger partial charge in [-0.25, -0.2) is 0 Å². The van der Waals surface area contributed by atoms with E-state index in [0.29, 0.717) is 11.3 Å². The van der Waals surface area contributed by atoms with Crippen molar-refractivity contribution in [3.8, 4) is 5.75 Å². The van der Waals surface area contributed by atoms with E-state index in [0.717, 1.165) is 5.56 Å². The normalized spacial score (nSPS) is 9.94. The zero-order valence-electron chi connectivity index (χ0n) is 9.34. The van der Waals surface area contributed by atoms with Gasteiger partial charge in [0.05, 0.1) is 0 Å². The van der Waals surface area contributed by atoms with E-state index in [4.69, 9.17) is 0 Å². The molecule has 0 atom stereocenters. The molecule has 0 bridgehead atoms. The largest absolute Gasteiger partial charge is 0.508 e. The standard InChI is InChI=1S/C13H12N2O2/c1-9-8-11(2-3-12(9)16)15-13(17)10-4-6-14-7-5-10/h2-8,16H,1H3,(H,15,17). The van der Waals surface area contributed by atoms with Gasteiger partial charge >= 0.3 is 0 Å². The Balaban J connectivity index is 2.16. The highest BCUT2D eigenvalue weighted by Gasteiger charge is 2.06. The van der Waals surface area contributed by atoms with Crippen LogP contribution in [0.5, 0.6) is 5.75 Å². The van der Waals surface area contributed by atoms with E-state index >= 15 is 0 Å². The number of amides is 1. The average molecular weight is 228 g/mol. The summed E-state index contributed by atoms with van der Waals surface area (Å²) in [5.74, 6) is 0.0180. The fourth-order valence-corrected chi connectivity index (χ4v) is 1.44. The van der Waals surface area contributed by atoms with Crippen molar-refractivity contribution < 1.29 is 9.90 Å². The van der Waals surface area contributed by atoms with Gasteiger partial charge in [-0.1, -0.05) is 0 Å². The first-order valence-electron chi connectivity index (χ1n) is 5.18. The van der Waals surface area contributed by atoms with Crippen molar-refractivity contribution in [1.29, 1.82) is 0 Å². The fourth-order valence-electron chi connectivity index (χ4n) is 1.44. The second kappa shape index (κ2) is 4.65. The molecule has 2 N–H and O–H groups in total. The number of phenols is 1. The number of aromatic hydroxyl groups is 1. The average Bonchev–Trinajstić information content (AvgIpc) is 2.35. The van der Waals surface area contributed by atoms with Crippen molar-refractivity contribution in [3.05, 3.63) is 53.9 Å². The number of nitrogens with one attached hydrogen (secondary N) is 1. The number of aromatic nitrogens is 1. The van der Waals surface area contributed by atoms with E-state index in [9.17, 15) is 9.90 Å². The van der Waals surface area contributed by atoms with Gasteiger partial charge in [-0.2, -0.15) is 0 Å². The Kier molecular flexibility index (Phi) is 3.05. The molecule has 1 heterocycles. The number of aryl methyl sites for hydroxylation is 1. The molecular formula is C13H12N2O2. The number of hydrogen-bond acceptors (Lipinski definition) is 3. The van der Waals surface area contributed by atoms with Gasteiger partial charge < -0.3 is 10.4 Å². The molecule has 0 aliphatic heterocycles. The van der Waals surface area contributed by atoms with Crippen LogP contribution in [0.15, 0.2) is 42.7 Å². The Morgan fingerprint density at radius 3 is 2.59 bits per heavy atom. The van der Waals surface area contributed by atoms with Crippen LogP contribution < -0.4 is 5.32 Å². The van der Waals surface area contributed by atoms with Crippen LogP contribution in [0.4, 0.5) is 5.69 Å². The lowest BCUT2D eigenvalue weighted by Crippen LogP contribution is -2.11. The van der Waals surface area contributed by atoms with Crippen molar-refractivity contribution in [2.45, 2.75) is 6.92 Å². The summed E-state index contributed by atoms with van der Waals surface area (Å²) in [6.45, 7) is 1.78. The van der Waals surface area contributed by atoms with Crippen molar-refractivity contribution in [2.75, 3.05) is 5.32 Å². The van der Waals surface area contributed by atoms with Gasteiger partial charge in [0.15, 0.2) is 0 Å². The van der Waals surface area contributed by atoms with Crippen molar-refractivity contribution in [2.24, 2.45) is 0 Å². The number of pyridine rings is 1. The van der Waals surface area contributed by atoms with Gasteiger partial charge in [-0.15, -0.1) is 0 Å². The first kappa shape index (κ1) is 11.1. The third kappa shape index (κ3) is 2.60. The highest BCUT2D eigenvalue weighted by Crippen LogP contribution is 2.20. The van der Waals surface area contributed by atoms with Gasteiger partial charge in [-0.05, 0) is 42.8 Å². The third-order valence-corrected chi connectivity index (χ3v) is 2.40. The summed E-state index contributed by atoms with van der Waals surface area (Å²) in [5.41, 5.74) is 1.92. The van der Waals surface area contributed by atoms with Crippen LogP contribution >= 0.6 is 0 Å². The number of hydrogen-bond donors (Lipinski definition) is 2. The molecular weight excluding hydrogens is 216 g/mol. The highest BCUT2D eigenvalue weighted by molar-refractivity contribution is 6.04. The third-order valence-electron chi connectivity index (χ3n) is 2.40. The van der Waals surface area contributed by atoms with Crippen molar-refractivity contribution in [1.82, 2.24) is 4.98 Å². The van der Waals surface area contributed by atoms with Crippen molar-refractivity contribution in [3.63, 3.8) is 0 Å². The molecule has 0 aliphatic carbocycles. The molecule has 0 unspecified atom stereocenters. The van der Waals surface area contributed by atoms with Crippen LogP contribution in [0.1, 0.15) is 15.9 Å². The Labute approximate surface area is 98.9 Å². The van der Waals surface area contributed by atoms with Crippen LogP contribution in [0, 0.1) is 6.92 Å². The number of carbonyl (C=O) groups excluding carboxylic acids is 1. The molecule has 0 radical (unpaired) electrons. The summed E-state index contributed by atoms with van der Waals surface area (Å²) >= 11 is 0. The lowest BCUT2D eigenvalue weighted by atomic mass is 10.2. The maximum absolute atomic E-state index is 11.8. The molecule has 0 fully saturated rings. The molecule has 4 nitrogen and oxygen atoms in total. The molecule has 1 amide bonds. The molecule has 2 rings (SSSR count). The number of rotatable bonds is 2. The number of carbonyl (C=O) groups is 1. The molecule has 0 aliphatic rings. The molecule has 0 spiro atoms. The van der Waals surface area contributed by atoms with E-state index in [-0.39, 0.29) is 11.7 Å². The summed E-state index contributed by atoms with van der Waals surface area (Å²) in [7, 11) is 0. The molecule has 0 saturated carbocycles. The summed E-state index contributed by atoms with van der Waals surface area (Å²) in [6, 6.07) is 8.21. The minimum atomic E-state index is -0.197. The van der Waals surface area contributed by atoms with Gasteiger partial charge in [0.25, 0.3) is 5.91 Å². The minimum Gasteiger partial charge on any atom is -0.508 e. The molecule has 86 valence electrons. The first-order valence-corrected chi connectivity index (χ1v) is 5.18. The van der Waals surface area contributed by atoms with E-state index < -0.39 is 0 Å². The highest BCUT2D eigenvalue weighted by atomic mass is 16.3. The van der Waals surface area contributed by atoms with Crippen LogP contribution in [0.3, 0.4) is 0 Å². The van der Waals surface area contributed by atoms with Gasteiger partial charge in [0.2, 0.25) is 0 Å². The second-order valence-corrected chi connectivity index (χ2v) is 3.69. The quantitative estimate of drug-likeness (QED) is 0.775. The lowest BCUT2D eigenvalue weighted by Gasteiger charge is -2.06. The van der Waals surface area contributed by atoms with Gasteiger partial charge in [0, 0.05) is 23.6 Å². The molecule has 0 saturated heterocycles. The zero-order chi connectivity index (χ0) is 12.3. The van der Waals surface area contributed by atoms with E-state index in [1.165, 1.54) is 0 Å². The Morgan fingerprint density at radius 2 is 1.94 bits per heavy atom. The Morgan fingerprint density at radius 1 is 1.24 bits per heavy atom. The second-order valence-electron chi connectivity index (χ2n) is 3.69. The summed E-state index contributed by atoms with van der Waals surface area (Å²) in [4.78, 5) is 15.7.